The van der Waals surface area contributed by atoms with Gasteiger partial charge in [-0.15, -0.1) is 0 Å². The van der Waals surface area contributed by atoms with Crippen LogP contribution in [-0.2, 0) is 0 Å². The number of nitrogens with zero attached hydrogens (tertiary/aromatic N) is 4. The first kappa shape index (κ1) is 13.5. The molecule has 1 aliphatic heterocycles. The fourth-order valence-corrected chi connectivity index (χ4v) is 2.50. The summed E-state index contributed by atoms with van der Waals surface area (Å²) in [7, 11) is 0. The van der Waals surface area contributed by atoms with Gasteiger partial charge in [0.15, 0.2) is 0 Å². The van der Waals surface area contributed by atoms with Crippen LogP contribution in [0.25, 0.3) is 0 Å². The number of carbonyl (C=O) groups excluding carboxylic acids is 1. The predicted octanol–water partition coefficient (Wildman–Crippen LogP) is 1.75. The molecule has 1 amide bonds. The molecule has 108 valence electrons. The predicted molar refractivity (Wildman–Crippen MR) is 81.3 cm³/mol. The van der Waals surface area contributed by atoms with E-state index in [1.807, 2.05) is 36.1 Å². The number of hydrogen-bond acceptors (Lipinski definition) is 4. The Morgan fingerprint density at radius 2 is 1.76 bits per heavy atom. The van der Waals surface area contributed by atoms with Gasteiger partial charge in [-0.25, -0.2) is 0 Å². The first-order valence-electron chi connectivity index (χ1n) is 7.11. The van der Waals surface area contributed by atoms with Crippen LogP contribution in [0.5, 0.6) is 0 Å². The summed E-state index contributed by atoms with van der Waals surface area (Å²) < 4.78 is 0. The van der Waals surface area contributed by atoms with Crippen molar-refractivity contribution in [1.29, 1.82) is 0 Å². The van der Waals surface area contributed by atoms with E-state index in [1.54, 1.807) is 18.6 Å². The Bertz CT molecular complexity index is 604. The second-order valence-electron chi connectivity index (χ2n) is 5.17. The lowest BCUT2D eigenvalue weighted by Crippen LogP contribution is -2.48. The number of anilines is 1. The van der Waals surface area contributed by atoms with Gasteiger partial charge >= 0.3 is 0 Å². The standard InChI is InChI=1S/C16H18N4O/c1-13-2-3-14(12-18-13)16(21)20-10-8-19(9-11-20)15-4-6-17-7-5-15/h2-7,12H,8-11H2,1H3. The number of piperazine rings is 1. The van der Waals surface area contributed by atoms with E-state index in [-0.39, 0.29) is 5.91 Å². The van der Waals surface area contributed by atoms with E-state index in [0.29, 0.717) is 5.56 Å². The molecule has 5 nitrogen and oxygen atoms in total. The summed E-state index contributed by atoms with van der Waals surface area (Å²) in [5.41, 5.74) is 2.75. The summed E-state index contributed by atoms with van der Waals surface area (Å²) in [4.78, 5) is 24.8. The molecule has 0 aliphatic carbocycles. The van der Waals surface area contributed by atoms with Crippen LogP contribution in [0, 0.1) is 6.92 Å². The number of pyridine rings is 2. The average Bonchev–Trinajstić information content (AvgIpc) is 2.56. The van der Waals surface area contributed by atoms with Gasteiger partial charge in [0, 0.05) is 56.2 Å². The summed E-state index contributed by atoms with van der Waals surface area (Å²) in [6, 6.07) is 7.73. The molecule has 0 aromatic carbocycles. The summed E-state index contributed by atoms with van der Waals surface area (Å²) in [5.74, 6) is 0.0666. The van der Waals surface area contributed by atoms with E-state index in [9.17, 15) is 4.79 Å². The van der Waals surface area contributed by atoms with Crippen molar-refractivity contribution in [2.75, 3.05) is 31.1 Å². The van der Waals surface area contributed by atoms with Crippen molar-refractivity contribution in [2.45, 2.75) is 6.92 Å². The number of carbonyl (C=O) groups is 1. The molecule has 5 heteroatoms. The molecule has 1 fully saturated rings. The zero-order valence-corrected chi connectivity index (χ0v) is 12.1. The lowest BCUT2D eigenvalue weighted by Gasteiger charge is -2.36. The Labute approximate surface area is 124 Å². The van der Waals surface area contributed by atoms with Crippen molar-refractivity contribution in [1.82, 2.24) is 14.9 Å². The highest BCUT2D eigenvalue weighted by Gasteiger charge is 2.22. The van der Waals surface area contributed by atoms with E-state index < -0.39 is 0 Å². The third kappa shape index (κ3) is 3.02. The summed E-state index contributed by atoms with van der Waals surface area (Å²) >= 11 is 0. The van der Waals surface area contributed by atoms with Gasteiger partial charge in [0.25, 0.3) is 5.91 Å². The number of hydrogen-bond donors (Lipinski definition) is 0. The minimum absolute atomic E-state index is 0.0666. The fraction of sp³-hybridized carbons (Fsp3) is 0.312. The van der Waals surface area contributed by atoms with Crippen LogP contribution in [0.3, 0.4) is 0 Å². The van der Waals surface area contributed by atoms with Gasteiger partial charge in [-0.05, 0) is 31.2 Å². The number of aryl methyl sites for hydroxylation is 1. The molecule has 0 saturated carbocycles. The maximum atomic E-state index is 12.4. The zero-order valence-electron chi connectivity index (χ0n) is 12.1. The largest absolute Gasteiger partial charge is 0.368 e. The smallest absolute Gasteiger partial charge is 0.255 e. The Morgan fingerprint density at radius 3 is 2.38 bits per heavy atom. The third-order valence-corrected chi connectivity index (χ3v) is 3.75. The van der Waals surface area contributed by atoms with Crippen LogP contribution in [0.2, 0.25) is 0 Å². The van der Waals surface area contributed by atoms with Gasteiger partial charge in [0.2, 0.25) is 0 Å². The topological polar surface area (TPSA) is 49.3 Å². The first-order valence-corrected chi connectivity index (χ1v) is 7.11. The minimum Gasteiger partial charge on any atom is -0.368 e. The Kier molecular flexibility index (Phi) is 3.81. The Balaban J connectivity index is 1.63. The molecule has 0 unspecified atom stereocenters. The van der Waals surface area contributed by atoms with Crippen LogP contribution < -0.4 is 4.90 Å². The highest BCUT2D eigenvalue weighted by atomic mass is 16.2. The number of amides is 1. The van der Waals surface area contributed by atoms with Crippen LogP contribution in [-0.4, -0.2) is 47.0 Å². The van der Waals surface area contributed by atoms with Crippen LogP contribution in [0.15, 0.2) is 42.9 Å². The Hall–Kier alpha value is -2.43. The average molecular weight is 282 g/mol. The van der Waals surface area contributed by atoms with E-state index in [1.165, 1.54) is 0 Å². The van der Waals surface area contributed by atoms with Crippen LogP contribution in [0.4, 0.5) is 5.69 Å². The van der Waals surface area contributed by atoms with Crippen molar-refractivity contribution in [3.63, 3.8) is 0 Å². The molecule has 0 radical (unpaired) electrons. The number of aromatic nitrogens is 2. The van der Waals surface area contributed by atoms with Gasteiger partial charge in [0.1, 0.15) is 0 Å². The highest BCUT2D eigenvalue weighted by Crippen LogP contribution is 2.16. The van der Waals surface area contributed by atoms with Gasteiger partial charge in [-0.3, -0.25) is 14.8 Å². The van der Waals surface area contributed by atoms with Crippen LogP contribution in [0.1, 0.15) is 16.1 Å². The molecule has 3 rings (SSSR count). The molecule has 3 heterocycles. The monoisotopic (exact) mass is 282 g/mol. The summed E-state index contributed by atoms with van der Waals surface area (Å²) in [6.45, 7) is 5.07. The van der Waals surface area contributed by atoms with Crippen molar-refractivity contribution >= 4 is 11.6 Å². The lowest BCUT2D eigenvalue weighted by molar-refractivity contribution is 0.0746. The molecule has 1 saturated heterocycles. The molecule has 0 spiro atoms. The zero-order chi connectivity index (χ0) is 14.7. The molecule has 2 aromatic heterocycles. The fourth-order valence-electron chi connectivity index (χ4n) is 2.50. The molecule has 2 aromatic rings. The molecule has 1 aliphatic rings. The number of rotatable bonds is 2. The van der Waals surface area contributed by atoms with Crippen molar-refractivity contribution in [3.8, 4) is 0 Å². The molecule has 0 bridgehead atoms. The van der Waals surface area contributed by atoms with E-state index >= 15 is 0 Å². The minimum atomic E-state index is 0.0666. The quantitative estimate of drug-likeness (QED) is 0.842. The van der Waals surface area contributed by atoms with Crippen molar-refractivity contribution in [3.05, 3.63) is 54.1 Å². The first-order chi connectivity index (χ1) is 10.2. The molecule has 0 atom stereocenters. The van der Waals surface area contributed by atoms with Gasteiger partial charge in [-0.1, -0.05) is 0 Å². The van der Waals surface area contributed by atoms with Crippen molar-refractivity contribution < 1.29 is 4.79 Å². The van der Waals surface area contributed by atoms with Crippen molar-refractivity contribution in [2.24, 2.45) is 0 Å². The molecule has 0 N–H and O–H groups in total. The lowest BCUT2D eigenvalue weighted by atomic mass is 10.2. The van der Waals surface area contributed by atoms with Crippen LogP contribution >= 0.6 is 0 Å². The van der Waals surface area contributed by atoms with Gasteiger partial charge in [0.05, 0.1) is 5.56 Å². The molecule has 21 heavy (non-hydrogen) atoms. The van der Waals surface area contributed by atoms with E-state index in [2.05, 4.69) is 14.9 Å². The third-order valence-electron chi connectivity index (χ3n) is 3.75. The Morgan fingerprint density at radius 1 is 1.05 bits per heavy atom. The van der Waals surface area contributed by atoms with Gasteiger partial charge in [-0.2, -0.15) is 0 Å². The second kappa shape index (κ2) is 5.91. The van der Waals surface area contributed by atoms with E-state index in [4.69, 9.17) is 0 Å². The highest BCUT2D eigenvalue weighted by molar-refractivity contribution is 5.94. The van der Waals surface area contributed by atoms with E-state index in [0.717, 1.165) is 37.6 Å². The SMILES string of the molecule is Cc1ccc(C(=O)N2CCN(c3ccncc3)CC2)cn1. The summed E-state index contributed by atoms with van der Waals surface area (Å²) in [6.07, 6.45) is 5.25. The molecular weight excluding hydrogens is 264 g/mol. The summed E-state index contributed by atoms with van der Waals surface area (Å²) in [5, 5.41) is 0. The maximum Gasteiger partial charge on any atom is 0.255 e. The van der Waals surface area contributed by atoms with Gasteiger partial charge < -0.3 is 9.80 Å². The second-order valence-corrected chi connectivity index (χ2v) is 5.17. The normalized spacial score (nSPS) is 15.1. The molecular formula is C16H18N4O. The maximum absolute atomic E-state index is 12.4.